The summed E-state index contributed by atoms with van der Waals surface area (Å²) in [7, 11) is 0. The number of carboxylic acids is 1. The molecule has 1 saturated heterocycles. The molecule has 1 aromatic rings. The van der Waals surface area contributed by atoms with Crippen LogP contribution in [0, 0.1) is 17.6 Å². The van der Waals surface area contributed by atoms with Crippen molar-refractivity contribution in [1.82, 2.24) is 5.32 Å². The normalized spacial score (nSPS) is 29.8. The van der Waals surface area contributed by atoms with Crippen LogP contribution in [0.2, 0.25) is 0 Å². The Balaban J connectivity index is 1.62. The van der Waals surface area contributed by atoms with Crippen LogP contribution in [0.5, 0.6) is 0 Å². The molecular formula is C16H17F2NO4. The predicted molar refractivity (Wildman–Crippen MR) is 75.9 cm³/mol. The van der Waals surface area contributed by atoms with E-state index in [1.807, 2.05) is 0 Å². The Morgan fingerprint density at radius 3 is 2.43 bits per heavy atom. The van der Waals surface area contributed by atoms with Crippen molar-refractivity contribution in [1.29, 1.82) is 0 Å². The van der Waals surface area contributed by atoms with Crippen LogP contribution >= 0.6 is 0 Å². The number of carbonyl (C=O) groups excluding carboxylic acids is 1. The van der Waals surface area contributed by atoms with Crippen molar-refractivity contribution >= 4 is 11.9 Å². The molecule has 1 unspecified atom stereocenters. The smallest absolute Gasteiger partial charge is 0.306 e. The number of carboxylic acid groups (broad SMARTS) is 1. The van der Waals surface area contributed by atoms with Crippen molar-refractivity contribution in [3.8, 4) is 0 Å². The van der Waals surface area contributed by atoms with E-state index in [1.165, 1.54) is 0 Å². The highest BCUT2D eigenvalue weighted by atomic mass is 19.1. The third-order valence-corrected chi connectivity index (χ3v) is 4.54. The fourth-order valence-electron chi connectivity index (χ4n) is 3.40. The molecule has 1 aliphatic heterocycles. The van der Waals surface area contributed by atoms with Crippen LogP contribution in [0.3, 0.4) is 0 Å². The molecule has 1 heterocycles. The quantitative estimate of drug-likeness (QED) is 0.892. The first-order chi connectivity index (χ1) is 10.9. The molecule has 2 fully saturated rings. The van der Waals surface area contributed by atoms with Gasteiger partial charge in [0, 0.05) is 24.3 Å². The van der Waals surface area contributed by atoms with Gasteiger partial charge < -0.3 is 15.2 Å². The molecule has 1 saturated carbocycles. The van der Waals surface area contributed by atoms with E-state index >= 15 is 0 Å². The first-order valence-electron chi connectivity index (χ1n) is 7.51. The average molecular weight is 325 g/mol. The molecule has 1 aliphatic carbocycles. The fraction of sp³-hybridized carbons (Fsp3) is 0.500. The molecule has 23 heavy (non-hydrogen) atoms. The predicted octanol–water partition coefficient (Wildman–Crippen LogP) is 2.11. The summed E-state index contributed by atoms with van der Waals surface area (Å²) < 4.78 is 32.1. The largest absolute Gasteiger partial charge is 0.481 e. The van der Waals surface area contributed by atoms with Gasteiger partial charge in [-0.15, -0.1) is 0 Å². The lowest BCUT2D eigenvalue weighted by Crippen LogP contribution is -2.56. The van der Waals surface area contributed by atoms with E-state index in [-0.39, 0.29) is 11.6 Å². The number of hydrogen-bond acceptors (Lipinski definition) is 3. The van der Waals surface area contributed by atoms with Gasteiger partial charge in [-0.1, -0.05) is 0 Å². The van der Waals surface area contributed by atoms with E-state index in [0.29, 0.717) is 38.4 Å². The van der Waals surface area contributed by atoms with E-state index in [1.54, 1.807) is 0 Å². The zero-order chi connectivity index (χ0) is 16.6. The van der Waals surface area contributed by atoms with Gasteiger partial charge in [0.05, 0.1) is 11.5 Å². The summed E-state index contributed by atoms with van der Waals surface area (Å²) in [5, 5.41) is 11.7. The first-order valence-corrected chi connectivity index (χ1v) is 7.51. The summed E-state index contributed by atoms with van der Waals surface area (Å²) >= 11 is 0. The second-order valence-electron chi connectivity index (χ2n) is 6.30. The molecule has 2 N–H and O–H groups in total. The first kappa shape index (κ1) is 15.9. The lowest BCUT2D eigenvalue weighted by atomic mass is 9.66. The second kappa shape index (κ2) is 5.88. The highest BCUT2D eigenvalue weighted by molar-refractivity contribution is 5.94. The Hall–Kier alpha value is -2.02. The summed E-state index contributed by atoms with van der Waals surface area (Å²) in [5.41, 5.74) is -0.563. The standard InChI is InChI=1S/C16H17F2NO4/c17-11-3-9(4-12(18)5-11)14(20)19-13-1-2-23-16(8-13)6-10(7-16)15(21)22/h3-5,10,13H,1-2,6-8H2,(H,19,20)(H,21,22). The maximum Gasteiger partial charge on any atom is 0.306 e. The van der Waals surface area contributed by atoms with Crippen molar-refractivity contribution in [3.63, 3.8) is 0 Å². The van der Waals surface area contributed by atoms with Gasteiger partial charge in [0.2, 0.25) is 0 Å². The highest BCUT2D eigenvalue weighted by Crippen LogP contribution is 2.46. The number of rotatable bonds is 3. The molecule has 1 spiro atoms. The Morgan fingerprint density at radius 2 is 1.83 bits per heavy atom. The van der Waals surface area contributed by atoms with Crippen LogP contribution in [0.25, 0.3) is 0 Å². The maximum absolute atomic E-state index is 13.2. The van der Waals surface area contributed by atoms with Crippen LogP contribution in [0.1, 0.15) is 36.0 Å². The van der Waals surface area contributed by atoms with Gasteiger partial charge in [-0.3, -0.25) is 9.59 Å². The van der Waals surface area contributed by atoms with Crippen LogP contribution in [-0.2, 0) is 9.53 Å². The zero-order valence-corrected chi connectivity index (χ0v) is 12.4. The van der Waals surface area contributed by atoms with Gasteiger partial charge in [-0.05, 0) is 37.8 Å². The molecule has 3 rings (SSSR count). The third-order valence-electron chi connectivity index (χ3n) is 4.54. The molecule has 7 heteroatoms. The summed E-state index contributed by atoms with van der Waals surface area (Å²) in [6.07, 6.45) is 1.97. The SMILES string of the molecule is O=C(NC1CCOC2(C1)CC(C(=O)O)C2)c1cc(F)cc(F)c1. The number of hydrogen-bond donors (Lipinski definition) is 2. The third kappa shape index (κ3) is 3.34. The topological polar surface area (TPSA) is 75.6 Å². The van der Waals surface area contributed by atoms with Gasteiger partial charge in [-0.2, -0.15) is 0 Å². The Kier molecular flexibility index (Phi) is 4.06. The number of benzene rings is 1. The fourth-order valence-corrected chi connectivity index (χ4v) is 3.40. The van der Waals surface area contributed by atoms with Gasteiger partial charge in [0.25, 0.3) is 5.91 Å². The summed E-state index contributed by atoms with van der Waals surface area (Å²) in [6, 6.07) is 2.48. The van der Waals surface area contributed by atoms with Crippen LogP contribution in [0.4, 0.5) is 8.78 Å². The Morgan fingerprint density at radius 1 is 1.17 bits per heavy atom. The van der Waals surface area contributed by atoms with E-state index < -0.39 is 35.0 Å². The molecule has 0 radical (unpaired) electrons. The van der Waals surface area contributed by atoms with Crippen LogP contribution in [-0.4, -0.2) is 35.2 Å². The molecule has 5 nitrogen and oxygen atoms in total. The number of aliphatic carboxylic acids is 1. The minimum atomic E-state index is -0.833. The molecule has 2 aliphatic rings. The average Bonchev–Trinajstić information content (AvgIpc) is 2.43. The van der Waals surface area contributed by atoms with Crippen molar-refractivity contribution in [3.05, 3.63) is 35.4 Å². The summed E-state index contributed by atoms with van der Waals surface area (Å²) in [4.78, 5) is 23.0. The number of halogens is 2. The highest BCUT2D eigenvalue weighted by Gasteiger charge is 2.51. The van der Waals surface area contributed by atoms with E-state index in [4.69, 9.17) is 9.84 Å². The number of amides is 1. The van der Waals surface area contributed by atoms with E-state index in [9.17, 15) is 18.4 Å². The van der Waals surface area contributed by atoms with Gasteiger partial charge in [0.15, 0.2) is 0 Å². The lowest BCUT2D eigenvalue weighted by molar-refractivity contribution is -0.181. The van der Waals surface area contributed by atoms with Crippen molar-refractivity contribution < 1.29 is 28.2 Å². The zero-order valence-electron chi connectivity index (χ0n) is 12.4. The Labute approximate surface area is 131 Å². The van der Waals surface area contributed by atoms with Crippen molar-refractivity contribution in [2.45, 2.75) is 37.3 Å². The summed E-state index contributed by atoms with van der Waals surface area (Å²) in [6.45, 7) is 0.425. The van der Waals surface area contributed by atoms with E-state index in [2.05, 4.69) is 5.32 Å². The number of ether oxygens (including phenoxy) is 1. The molecule has 1 amide bonds. The van der Waals surface area contributed by atoms with Crippen LogP contribution in [0.15, 0.2) is 18.2 Å². The second-order valence-corrected chi connectivity index (χ2v) is 6.30. The maximum atomic E-state index is 13.2. The molecular weight excluding hydrogens is 308 g/mol. The minimum absolute atomic E-state index is 0.0694. The molecule has 0 aromatic heterocycles. The number of carbonyl (C=O) groups is 2. The van der Waals surface area contributed by atoms with Crippen LogP contribution < -0.4 is 5.32 Å². The molecule has 124 valence electrons. The Bertz CT molecular complexity index is 623. The lowest BCUT2D eigenvalue weighted by Gasteiger charge is -2.50. The van der Waals surface area contributed by atoms with Gasteiger partial charge in [0.1, 0.15) is 11.6 Å². The molecule has 1 aromatic carbocycles. The molecule has 0 bridgehead atoms. The van der Waals surface area contributed by atoms with Gasteiger partial charge >= 0.3 is 5.97 Å². The number of nitrogens with one attached hydrogen (secondary N) is 1. The minimum Gasteiger partial charge on any atom is -0.481 e. The van der Waals surface area contributed by atoms with Crippen molar-refractivity contribution in [2.75, 3.05) is 6.61 Å². The molecule has 1 atom stereocenters. The van der Waals surface area contributed by atoms with E-state index in [0.717, 1.165) is 12.1 Å². The van der Waals surface area contributed by atoms with Gasteiger partial charge in [-0.25, -0.2) is 8.78 Å². The summed E-state index contributed by atoms with van der Waals surface area (Å²) in [5.74, 6) is -3.38. The monoisotopic (exact) mass is 325 g/mol. The van der Waals surface area contributed by atoms with Crippen molar-refractivity contribution in [2.24, 2.45) is 5.92 Å².